The highest BCUT2D eigenvalue weighted by Crippen LogP contribution is 2.29. The molecule has 0 radical (unpaired) electrons. The molecule has 106 valence electrons. The smallest absolute Gasteiger partial charge is 0.282 e. The van der Waals surface area contributed by atoms with Crippen LogP contribution in [0.3, 0.4) is 0 Å². The Bertz CT molecular complexity index is 842. The summed E-state index contributed by atoms with van der Waals surface area (Å²) in [5.74, 6) is 0. The van der Waals surface area contributed by atoms with Gasteiger partial charge < -0.3 is 0 Å². The molecule has 0 amide bonds. The highest BCUT2D eigenvalue weighted by atomic mass is 35.5. The lowest BCUT2D eigenvalue weighted by Gasteiger charge is -2.00. The predicted octanol–water partition coefficient (Wildman–Crippen LogP) is 4.49. The molecule has 0 atom stereocenters. The average molecular weight is 324 g/mol. The van der Waals surface area contributed by atoms with Gasteiger partial charge in [-0.05, 0) is 30.3 Å². The topological polar surface area (TPSA) is 107 Å². The predicted molar refractivity (Wildman–Crippen MR) is 76.6 cm³/mol. The Morgan fingerprint density at radius 1 is 1.10 bits per heavy atom. The van der Waals surface area contributed by atoms with Crippen LogP contribution in [0.4, 0.5) is 17.1 Å². The summed E-state index contributed by atoms with van der Waals surface area (Å²) in [6.45, 7) is 0. The van der Waals surface area contributed by atoms with Crippen LogP contribution in [-0.2, 0) is 10.1 Å². The van der Waals surface area contributed by atoms with E-state index >= 15 is 0 Å². The molecule has 0 aromatic heterocycles. The monoisotopic (exact) mass is 323 g/mol. The first-order valence-electron chi connectivity index (χ1n) is 5.54. The molecule has 2 aromatic carbocycles. The minimum atomic E-state index is -4.33. The van der Waals surface area contributed by atoms with Crippen LogP contribution in [-0.4, -0.2) is 13.0 Å². The van der Waals surface area contributed by atoms with Crippen LogP contribution in [0.25, 0.3) is 4.98 Å². The quantitative estimate of drug-likeness (QED) is 0.510. The summed E-state index contributed by atoms with van der Waals surface area (Å²) in [5, 5.41) is 16.4. The second-order valence-corrected chi connectivity index (χ2v) is 5.73. The van der Waals surface area contributed by atoms with Crippen LogP contribution in [0.15, 0.2) is 57.6 Å². The van der Waals surface area contributed by atoms with Gasteiger partial charge in [0.2, 0.25) is 5.39 Å². The maximum atomic E-state index is 11.0. The van der Waals surface area contributed by atoms with Gasteiger partial charge in [0.15, 0.2) is 4.98 Å². The number of benzene rings is 2. The summed E-state index contributed by atoms with van der Waals surface area (Å²) in [4.78, 5) is 2.67. The van der Waals surface area contributed by atoms with Gasteiger partial charge in [0.25, 0.3) is 10.1 Å². The van der Waals surface area contributed by atoms with Crippen molar-refractivity contribution in [2.45, 2.75) is 4.90 Å². The third-order valence-electron chi connectivity index (χ3n) is 2.45. The van der Waals surface area contributed by atoms with Crippen molar-refractivity contribution >= 4 is 38.8 Å². The van der Waals surface area contributed by atoms with Crippen molar-refractivity contribution in [2.24, 2.45) is 10.2 Å². The van der Waals surface area contributed by atoms with E-state index in [0.29, 0.717) is 11.4 Å². The lowest BCUT2D eigenvalue weighted by molar-refractivity contribution is 0.483. The zero-order valence-electron chi connectivity index (χ0n) is 10.4. The van der Waals surface area contributed by atoms with E-state index in [2.05, 4.69) is 15.2 Å². The molecule has 0 bridgehead atoms. The van der Waals surface area contributed by atoms with Crippen LogP contribution < -0.4 is 0 Å². The van der Waals surface area contributed by atoms with Crippen LogP contribution in [0.2, 0.25) is 5.02 Å². The minimum Gasteiger partial charge on any atom is -0.282 e. The van der Waals surface area contributed by atoms with Gasteiger partial charge >= 0.3 is 5.69 Å². The number of hydrogen-bond acceptors (Lipinski definition) is 5. The van der Waals surface area contributed by atoms with Crippen molar-refractivity contribution in [3.8, 4) is 0 Å². The number of nitrogens with zero attached hydrogens (tertiary/aromatic N) is 4. The van der Waals surface area contributed by atoms with E-state index in [1.54, 1.807) is 12.1 Å². The molecule has 9 heteroatoms. The van der Waals surface area contributed by atoms with Gasteiger partial charge in [-0.25, -0.2) is 0 Å². The van der Waals surface area contributed by atoms with Gasteiger partial charge in [-0.2, -0.15) is 13.5 Å². The van der Waals surface area contributed by atoms with E-state index in [1.165, 1.54) is 18.2 Å². The van der Waals surface area contributed by atoms with E-state index in [-0.39, 0.29) is 15.6 Å². The van der Waals surface area contributed by atoms with Crippen molar-refractivity contribution in [1.29, 1.82) is 5.39 Å². The highest BCUT2D eigenvalue weighted by Gasteiger charge is 2.12. The van der Waals surface area contributed by atoms with Crippen molar-refractivity contribution < 1.29 is 13.0 Å². The SMILES string of the molecule is N#[N+]c1ccc(N=Nc2cc(S(=O)(=O)O)ccc2Cl)cc1. The molecule has 0 aliphatic heterocycles. The number of hydrogen-bond donors (Lipinski definition) is 1. The second kappa shape index (κ2) is 5.97. The normalized spacial score (nSPS) is 11.5. The van der Waals surface area contributed by atoms with Crippen LogP contribution in [0.1, 0.15) is 0 Å². The van der Waals surface area contributed by atoms with Crippen LogP contribution in [0.5, 0.6) is 0 Å². The van der Waals surface area contributed by atoms with Gasteiger partial charge in [0.05, 0.1) is 15.6 Å². The fraction of sp³-hybridized carbons (Fsp3) is 0. The molecule has 0 unspecified atom stereocenters. The summed E-state index contributed by atoms with van der Waals surface area (Å²) in [6.07, 6.45) is 0. The third kappa shape index (κ3) is 3.82. The first kappa shape index (κ1) is 15.1. The zero-order chi connectivity index (χ0) is 15.5. The van der Waals surface area contributed by atoms with Crippen molar-refractivity contribution in [2.75, 3.05) is 0 Å². The summed E-state index contributed by atoms with van der Waals surface area (Å²) in [5.41, 5.74) is 0.916. The first-order chi connectivity index (χ1) is 9.90. The molecular weight excluding hydrogens is 316 g/mol. The summed E-state index contributed by atoms with van der Waals surface area (Å²) >= 11 is 5.88. The zero-order valence-corrected chi connectivity index (χ0v) is 12.0. The summed E-state index contributed by atoms with van der Waals surface area (Å²) in [7, 11) is -4.33. The Labute approximate surface area is 125 Å². The molecule has 0 spiro atoms. The Morgan fingerprint density at radius 2 is 1.76 bits per heavy atom. The van der Waals surface area contributed by atoms with E-state index in [4.69, 9.17) is 21.5 Å². The van der Waals surface area contributed by atoms with Gasteiger partial charge in [0.1, 0.15) is 5.69 Å². The molecule has 0 saturated heterocycles. The Kier molecular flexibility index (Phi) is 4.28. The molecule has 0 fully saturated rings. The maximum Gasteiger partial charge on any atom is 0.385 e. The van der Waals surface area contributed by atoms with Crippen molar-refractivity contribution in [1.82, 2.24) is 0 Å². The molecule has 2 rings (SSSR count). The second-order valence-electron chi connectivity index (χ2n) is 3.90. The van der Waals surface area contributed by atoms with Crippen molar-refractivity contribution in [3.05, 3.63) is 52.5 Å². The summed E-state index contributed by atoms with van der Waals surface area (Å²) in [6, 6.07) is 9.72. The fourth-order valence-electron chi connectivity index (χ4n) is 1.43. The van der Waals surface area contributed by atoms with E-state index in [0.717, 1.165) is 12.1 Å². The van der Waals surface area contributed by atoms with Crippen molar-refractivity contribution in [3.63, 3.8) is 0 Å². The van der Waals surface area contributed by atoms with Crippen LogP contribution >= 0.6 is 11.6 Å². The Morgan fingerprint density at radius 3 is 2.33 bits per heavy atom. The molecule has 7 nitrogen and oxygen atoms in total. The molecule has 2 aromatic rings. The molecular formula is C12H8ClN4O3S+. The molecule has 0 heterocycles. The Hall–Kier alpha value is -2.34. The largest absolute Gasteiger partial charge is 0.385 e. The lowest BCUT2D eigenvalue weighted by Crippen LogP contribution is -1.97. The van der Waals surface area contributed by atoms with Gasteiger partial charge in [0, 0.05) is 12.1 Å². The molecule has 21 heavy (non-hydrogen) atoms. The molecule has 0 aliphatic rings. The summed E-state index contributed by atoms with van der Waals surface area (Å²) < 4.78 is 31.1. The standard InChI is InChI=1S/C12H7ClN4O3S/c13-11-6-5-10(21(18,19)20)7-12(11)17-16-9-3-1-8(15-14)2-4-9/h1-7H/p+1. The average Bonchev–Trinajstić information content (AvgIpc) is 2.45. The van der Waals surface area contributed by atoms with E-state index < -0.39 is 10.1 Å². The maximum absolute atomic E-state index is 11.0. The number of diazo groups is 1. The first-order valence-corrected chi connectivity index (χ1v) is 7.36. The minimum absolute atomic E-state index is 0.0997. The molecule has 0 saturated carbocycles. The van der Waals surface area contributed by atoms with Gasteiger partial charge in [-0.15, -0.1) is 5.11 Å². The fourth-order valence-corrected chi connectivity index (χ4v) is 2.08. The number of rotatable bonds is 3. The molecule has 1 N–H and O–H groups in total. The van der Waals surface area contributed by atoms with E-state index in [1.807, 2.05) is 0 Å². The number of halogens is 1. The Balaban J connectivity index is 2.34. The van der Waals surface area contributed by atoms with Gasteiger partial charge in [-0.1, -0.05) is 11.6 Å². The third-order valence-corrected chi connectivity index (χ3v) is 3.62. The lowest BCUT2D eigenvalue weighted by atomic mass is 10.3. The van der Waals surface area contributed by atoms with Crippen LogP contribution in [0, 0.1) is 5.39 Å². The van der Waals surface area contributed by atoms with E-state index in [9.17, 15) is 8.42 Å². The highest BCUT2D eigenvalue weighted by molar-refractivity contribution is 7.85. The number of azo groups is 1. The van der Waals surface area contributed by atoms with Gasteiger partial charge in [-0.3, -0.25) is 4.55 Å². The molecule has 0 aliphatic carbocycles.